The third-order valence-corrected chi connectivity index (χ3v) is 5.66. The Labute approximate surface area is 120 Å². The van der Waals surface area contributed by atoms with Gasteiger partial charge < -0.3 is 5.32 Å². The van der Waals surface area contributed by atoms with E-state index in [0.29, 0.717) is 11.6 Å². The fourth-order valence-corrected chi connectivity index (χ4v) is 4.17. The van der Waals surface area contributed by atoms with Gasteiger partial charge in [-0.2, -0.15) is 0 Å². The molecular weight excluding hydrogens is 254 g/mol. The molecule has 2 fully saturated rings. The smallest absolute Gasteiger partial charge is 0.0897 e. The van der Waals surface area contributed by atoms with Crippen molar-refractivity contribution < 1.29 is 0 Å². The van der Waals surface area contributed by atoms with Gasteiger partial charge in [-0.05, 0) is 39.0 Å². The van der Waals surface area contributed by atoms with Gasteiger partial charge in [-0.3, -0.25) is 4.90 Å². The van der Waals surface area contributed by atoms with Crippen LogP contribution in [0, 0.1) is 12.8 Å². The maximum Gasteiger partial charge on any atom is 0.0897 e. The van der Waals surface area contributed by atoms with Gasteiger partial charge >= 0.3 is 0 Å². The van der Waals surface area contributed by atoms with E-state index in [1.165, 1.54) is 35.7 Å². The van der Waals surface area contributed by atoms with Crippen molar-refractivity contribution in [2.24, 2.45) is 5.92 Å². The van der Waals surface area contributed by atoms with E-state index in [4.69, 9.17) is 0 Å². The summed E-state index contributed by atoms with van der Waals surface area (Å²) in [4.78, 5) is 8.49. The standard InChI is InChI=1S/C15H25N3S/c1-4-13-7-17-15(3,12-5-6-12)10-18(13)9-14-8-16-11(2)19-14/h8,12-13,17H,4-7,9-10H2,1-3H3. The lowest BCUT2D eigenvalue weighted by molar-refractivity contribution is 0.0674. The molecule has 0 radical (unpaired) electrons. The summed E-state index contributed by atoms with van der Waals surface area (Å²) < 4.78 is 0. The SMILES string of the molecule is CCC1CNC(C)(C2CC2)CN1Cc1cnc(C)s1. The first kappa shape index (κ1) is 13.5. The fourth-order valence-electron chi connectivity index (χ4n) is 3.35. The van der Waals surface area contributed by atoms with E-state index < -0.39 is 0 Å². The molecule has 1 saturated carbocycles. The number of aromatic nitrogens is 1. The first-order valence-corrected chi connectivity index (χ1v) is 8.33. The molecule has 0 aromatic carbocycles. The van der Waals surface area contributed by atoms with Crippen LogP contribution < -0.4 is 5.32 Å². The normalized spacial score (nSPS) is 32.7. The monoisotopic (exact) mass is 279 g/mol. The van der Waals surface area contributed by atoms with Crippen LogP contribution in [-0.2, 0) is 6.54 Å². The Hall–Kier alpha value is -0.450. The lowest BCUT2D eigenvalue weighted by Crippen LogP contribution is -2.63. The molecule has 19 heavy (non-hydrogen) atoms. The summed E-state index contributed by atoms with van der Waals surface area (Å²) in [7, 11) is 0. The van der Waals surface area contributed by atoms with E-state index in [0.717, 1.165) is 19.0 Å². The van der Waals surface area contributed by atoms with Crippen LogP contribution in [0.4, 0.5) is 0 Å². The van der Waals surface area contributed by atoms with Gasteiger partial charge in [-0.1, -0.05) is 6.92 Å². The molecule has 1 saturated heterocycles. The molecule has 0 spiro atoms. The Kier molecular flexibility index (Phi) is 3.67. The summed E-state index contributed by atoms with van der Waals surface area (Å²) in [6, 6.07) is 0.675. The van der Waals surface area contributed by atoms with Crippen LogP contribution in [0.3, 0.4) is 0 Å². The van der Waals surface area contributed by atoms with E-state index in [2.05, 4.69) is 42.2 Å². The van der Waals surface area contributed by atoms with E-state index in [1.54, 1.807) is 0 Å². The van der Waals surface area contributed by atoms with Gasteiger partial charge in [-0.15, -0.1) is 11.3 Å². The second kappa shape index (κ2) is 5.15. The third-order valence-electron chi connectivity index (χ3n) is 4.77. The van der Waals surface area contributed by atoms with Gasteiger partial charge in [0.2, 0.25) is 0 Å². The zero-order valence-electron chi connectivity index (χ0n) is 12.3. The number of rotatable bonds is 4. The van der Waals surface area contributed by atoms with Gasteiger partial charge in [0.1, 0.15) is 0 Å². The molecule has 4 heteroatoms. The number of aryl methyl sites for hydroxylation is 1. The average molecular weight is 279 g/mol. The highest BCUT2D eigenvalue weighted by Crippen LogP contribution is 2.41. The molecule has 1 aromatic rings. The van der Waals surface area contributed by atoms with Crippen LogP contribution in [0.5, 0.6) is 0 Å². The molecule has 2 unspecified atom stereocenters. The molecule has 2 aliphatic rings. The Balaban J connectivity index is 1.71. The van der Waals surface area contributed by atoms with Crippen molar-refractivity contribution in [3.63, 3.8) is 0 Å². The van der Waals surface area contributed by atoms with Crippen molar-refractivity contribution in [2.45, 2.75) is 58.2 Å². The molecule has 3 rings (SSSR count). The van der Waals surface area contributed by atoms with E-state index in [9.17, 15) is 0 Å². The summed E-state index contributed by atoms with van der Waals surface area (Å²) in [5.41, 5.74) is 0.339. The van der Waals surface area contributed by atoms with Gasteiger partial charge in [0.15, 0.2) is 0 Å². The Morgan fingerprint density at radius 3 is 2.89 bits per heavy atom. The minimum Gasteiger partial charge on any atom is -0.308 e. The molecular formula is C15H25N3S. The summed E-state index contributed by atoms with van der Waals surface area (Å²) in [6.07, 6.45) is 6.11. The van der Waals surface area contributed by atoms with Gasteiger partial charge in [0.25, 0.3) is 0 Å². The topological polar surface area (TPSA) is 28.2 Å². The number of thiazole rings is 1. The molecule has 1 aromatic heterocycles. The molecule has 2 heterocycles. The van der Waals surface area contributed by atoms with Crippen molar-refractivity contribution >= 4 is 11.3 Å². The molecule has 3 nitrogen and oxygen atoms in total. The molecule has 1 N–H and O–H groups in total. The third kappa shape index (κ3) is 2.86. The van der Waals surface area contributed by atoms with E-state index in [-0.39, 0.29) is 0 Å². The number of hydrogen-bond donors (Lipinski definition) is 1. The number of hydrogen-bond acceptors (Lipinski definition) is 4. The van der Waals surface area contributed by atoms with Gasteiger partial charge in [0.05, 0.1) is 5.01 Å². The van der Waals surface area contributed by atoms with Crippen LogP contribution >= 0.6 is 11.3 Å². The van der Waals surface area contributed by atoms with Crippen LogP contribution in [0.2, 0.25) is 0 Å². The summed E-state index contributed by atoms with van der Waals surface area (Å²) in [5.74, 6) is 0.899. The highest BCUT2D eigenvalue weighted by Gasteiger charge is 2.45. The van der Waals surface area contributed by atoms with Crippen molar-refractivity contribution in [2.75, 3.05) is 13.1 Å². The first-order chi connectivity index (χ1) is 9.10. The molecule has 1 aliphatic heterocycles. The summed E-state index contributed by atoms with van der Waals surface area (Å²) in [6.45, 7) is 10.2. The van der Waals surface area contributed by atoms with Crippen LogP contribution in [0.25, 0.3) is 0 Å². The largest absolute Gasteiger partial charge is 0.308 e. The number of nitrogens with zero attached hydrogens (tertiary/aromatic N) is 2. The fraction of sp³-hybridized carbons (Fsp3) is 0.800. The lowest BCUT2D eigenvalue weighted by Gasteiger charge is -2.46. The zero-order chi connectivity index (χ0) is 13.5. The molecule has 0 bridgehead atoms. The van der Waals surface area contributed by atoms with Crippen LogP contribution in [0.1, 0.15) is 43.0 Å². The zero-order valence-corrected chi connectivity index (χ0v) is 13.1. The minimum absolute atomic E-state index is 0.339. The second-order valence-corrected chi connectivity index (χ2v) is 7.70. The minimum atomic E-state index is 0.339. The van der Waals surface area contributed by atoms with Crippen molar-refractivity contribution in [1.82, 2.24) is 15.2 Å². The maximum absolute atomic E-state index is 4.39. The van der Waals surface area contributed by atoms with Crippen molar-refractivity contribution in [1.29, 1.82) is 0 Å². The highest BCUT2D eigenvalue weighted by molar-refractivity contribution is 7.11. The summed E-state index contributed by atoms with van der Waals surface area (Å²) >= 11 is 1.84. The number of piperazine rings is 1. The maximum atomic E-state index is 4.39. The van der Waals surface area contributed by atoms with Crippen LogP contribution in [0.15, 0.2) is 6.20 Å². The Morgan fingerprint density at radius 1 is 1.53 bits per heavy atom. The highest BCUT2D eigenvalue weighted by atomic mass is 32.1. The Morgan fingerprint density at radius 2 is 2.32 bits per heavy atom. The molecule has 2 atom stereocenters. The molecule has 0 amide bonds. The van der Waals surface area contributed by atoms with E-state index >= 15 is 0 Å². The van der Waals surface area contributed by atoms with Crippen molar-refractivity contribution in [3.05, 3.63) is 16.1 Å². The molecule has 1 aliphatic carbocycles. The summed E-state index contributed by atoms with van der Waals surface area (Å²) in [5, 5.41) is 5.01. The Bertz CT molecular complexity index is 440. The van der Waals surface area contributed by atoms with E-state index in [1.807, 2.05) is 11.3 Å². The lowest BCUT2D eigenvalue weighted by atomic mass is 9.90. The van der Waals surface area contributed by atoms with Crippen LogP contribution in [-0.4, -0.2) is 34.6 Å². The predicted octanol–water partition coefficient (Wildman–Crippen LogP) is 2.80. The molecule has 106 valence electrons. The number of nitrogens with one attached hydrogen (secondary N) is 1. The second-order valence-electron chi connectivity index (χ2n) is 6.39. The average Bonchev–Trinajstić information content (AvgIpc) is 3.16. The van der Waals surface area contributed by atoms with Crippen molar-refractivity contribution in [3.8, 4) is 0 Å². The quantitative estimate of drug-likeness (QED) is 0.918. The van der Waals surface area contributed by atoms with Gasteiger partial charge in [0, 0.05) is 42.3 Å². The predicted molar refractivity (Wildman–Crippen MR) is 80.5 cm³/mol. The van der Waals surface area contributed by atoms with Gasteiger partial charge in [-0.25, -0.2) is 4.98 Å². The first-order valence-electron chi connectivity index (χ1n) is 7.51.